The highest BCUT2D eigenvalue weighted by atomic mass is 16.5. The normalized spacial score (nSPS) is 11.2. The number of nitrogens with two attached hydrogens (primary N) is 1. The topological polar surface area (TPSA) is 98.7 Å². The minimum atomic E-state index is 0. The second kappa shape index (κ2) is 9.45. The van der Waals surface area contributed by atoms with E-state index in [0.717, 1.165) is 33.3 Å². The molecule has 0 aliphatic rings. The van der Waals surface area contributed by atoms with Crippen molar-refractivity contribution >= 4 is 34.0 Å². The van der Waals surface area contributed by atoms with Crippen molar-refractivity contribution in [3.8, 4) is 16.9 Å². The molecule has 3 aromatic carbocycles. The predicted octanol–water partition coefficient (Wildman–Crippen LogP) is 4.43. The van der Waals surface area contributed by atoms with Crippen molar-refractivity contribution in [3.63, 3.8) is 0 Å². The van der Waals surface area contributed by atoms with E-state index in [9.17, 15) is 0 Å². The van der Waals surface area contributed by atoms with Gasteiger partial charge in [-0.05, 0) is 41.5 Å². The Morgan fingerprint density at radius 2 is 1.66 bits per heavy atom. The summed E-state index contributed by atoms with van der Waals surface area (Å²) in [5.41, 5.74) is 10.4. The van der Waals surface area contributed by atoms with Gasteiger partial charge in [-0.3, -0.25) is 4.99 Å². The van der Waals surface area contributed by atoms with Crippen LogP contribution >= 0.6 is 0 Å². The number of ether oxygens (including phenoxy) is 1. The maximum atomic E-state index is 6.35. The summed E-state index contributed by atoms with van der Waals surface area (Å²) in [6.45, 7) is 0. The molecule has 4 rings (SSSR count). The summed E-state index contributed by atoms with van der Waals surface area (Å²) in [7, 11) is 7.35. The maximum absolute atomic E-state index is 6.35. The summed E-state index contributed by atoms with van der Waals surface area (Å²) >= 11 is 0. The van der Waals surface area contributed by atoms with Crippen molar-refractivity contribution in [2.24, 2.45) is 10.7 Å². The Morgan fingerprint density at radius 3 is 2.31 bits per heavy atom. The van der Waals surface area contributed by atoms with Gasteiger partial charge in [0.1, 0.15) is 12.0 Å². The third-order valence-corrected chi connectivity index (χ3v) is 5.29. The molecule has 0 atom stereocenters. The lowest BCUT2D eigenvalue weighted by Crippen LogP contribution is -2.33. The fourth-order valence-corrected chi connectivity index (χ4v) is 3.58. The molecule has 0 aliphatic carbocycles. The number of hydrogen-bond donors (Lipinski definition) is 1. The van der Waals surface area contributed by atoms with Crippen LogP contribution in [0.4, 0.5) is 17.3 Å². The van der Waals surface area contributed by atoms with E-state index in [-0.39, 0.29) is 5.48 Å². The van der Waals surface area contributed by atoms with Crippen molar-refractivity contribution in [2.75, 3.05) is 38.1 Å². The molecule has 7 nitrogen and oxygen atoms in total. The van der Waals surface area contributed by atoms with Crippen LogP contribution < -0.4 is 20.3 Å². The van der Waals surface area contributed by atoms with Crippen molar-refractivity contribution in [1.29, 1.82) is 0 Å². The molecule has 0 spiro atoms. The van der Waals surface area contributed by atoms with Crippen LogP contribution in [0.2, 0.25) is 0 Å². The molecule has 0 unspecified atom stereocenters. The van der Waals surface area contributed by atoms with Gasteiger partial charge in [-0.25, -0.2) is 4.90 Å². The van der Waals surface area contributed by atoms with Gasteiger partial charge in [-0.1, -0.05) is 36.4 Å². The average Bonchev–Trinajstić information content (AvgIpc) is 3.23. The van der Waals surface area contributed by atoms with Crippen LogP contribution in [-0.2, 0) is 0 Å². The molecule has 0 bridgehead atoms. The Morgan fingerprint density at radius 1 is 0.969 bits per heavy atom. The van der Waals surface area contributed by atoms with Gasteiger partial charge in [0.15, 0.2) is 0 Å². The van der Waals surface area contributed by atoms with E-state index < -0.39 is 0 Å². The number of rotatable bonds is 5. The zero-order valence-corrected chi connectivity index (χ0v) is 18.7. The largest absolute Gasteiger partial charge is 0.495 e. The molecule has 0 amide bonds. The van der Waals surface area contributed by atoms with Gasteiger partial charge in [0.25, 0.3) is 0 Å². The zero-order valence-electron chi connectivity index (χ0n) is 18.7. The summed E-state index contributed by atoms with van der Waals surface area (Å²) in [6, 6.07) is 22.4. The lowest BCUT2D eigenvalue weighted by atomic mass is 10.0. The van der Waals surface area contributed by atoms with E-state index in [0.29, 0.717) is 17.6 Å². The number of aliphatic imine (C=N–C) groups is 1. The highest BCUT2D eigenvalue weighted by Crippen LogP contribution is 2.40. The van der Waals surface area contributed by atoms with E-state index >= 15 is 0 Å². The van der Waals surface area contributed by atoms with Crippen LogP contribution in [-0.4, -0.2) is 39.7 Å². The molecule has 4 N–H and O–H groups in total. The van der Waals surface area contributed by atoms with Gasteiger partial charge >= 0.3 is 0 Å². The lowest BCUT2D eigenvalue weighted by molar-refractivity contribution is 0.415. The van der Waals surface area contributed by atoms with Crippen molar-refractivity contribution in [1.82, 2.24) is 0 Å². The van der Waals surface area contributed by atoms with Gasteiger partial charge in [-0.15, -0.1) is 0 Å². The number of nitrogens with zero attached hydrogens (tertiary/aromatic N) is 3. The molecular weight excluding hydrogens is 404 g/mol. The summed E-state index contributed by atoms with van der Waals surface area (Å²) in [6.07, 6.45) is 1.72. The van der Waals surface area contributed by atoms with Crippen LogP contribution in [0.3, 0.4) is 0 Å². The molecule has 0 fully saturated rings. The monoisotopic (exact) mass is 432 g/mol. The first kappa shape index (κ1) is 22.7. The first-order chi connectivity index (χ1) is 15.0. The summed E-state index contributed by atoms with van der Waals surface area (Å²) in [5, 5.41) is 1.93. The molecule has 0 radical (unpaired) electrons. The first-order valence-corrected chi connectivity index (χ1v) is 9.98. The minimum Gasteiger partial charge on any atom is -0.495 e. The summed E-state index contributed by atoms with van der Waals surface area (Å²) in [5.74, 6) is 1.57. The molecule has 1 aromatic heterocycles. The standard InChI is InChI=1S/C25H26N4O2.H2O/c1-27-25(26)29(24-21-8-6-5-7-19(21)16-31-24)22-15-18(11-14-23(22)30-4)17-9-12-20(13-10-17)28(2)3;/h5-16H,1-4H3,(H2,26,27);1H2. The van der Waals surface area contributed by atoms with Crippen LogP contribution in [0.5, 0.6) is 5.75 Å². The molecule has 1 heterocycles. The maximum Gasteiger partial charge on any atom is 0.214 e. The number of anilines is 3. The number of fused-ring (bicyclic) bond motifs is 1. The average molecular weight is 433 g/mol. The quantitative estimate of drug-likeness (QED) is 0.371. The predicted molar refractivity (Wildman–Crippen MR) is 132 cm³/mol. The van der Waals surface area contributed by atoms with Gasteiger partial charge in [-0.2, -0.15) is 0 Å². The minimum absolute atomic E-state index is 0. The molecular formula is C25H28N4O3. The number of hydrogen-bond acceptors (Lipinski definition) is 4. The number of methoxy groups -OCH3 is 1. The van der Waals surface area contributed by atoms with Crippen molar-refractivity contribution < 1.29 is 14.6 Å². The van der Waals surface area contributed by atoms with Gasteiger partial charge < -0.3 is 25.3 Å². The van der Waals surface area contributed by atoms with Gasteiger partial charge in [0.2, 0.25) is 11.8 Å². The number of guanidine groups is 1. The van der Waals surface area contributed by atoms with Crippen molar-refractivity contribution in [2.45, 2.75) is 0 Å². The van der Waals surface area contributed by atoms with Gasteiger partial charge in [0.05, 0.1) is 12.8 Å². The molecule has 0 saturated carbocycles. The third-order valence-electron chi connectivity index (χ3n) is 5.29. The number of benzene rings is 3. The van der Waals surface area contributed by atoms with E-state index in [4.69, 9.17) is 14.9 Å². The van der Waals surface area contributed by atoms with Crippen LogP contribution in [0.25, 0.3) is 21.9 Å². The second-order valence-electron chi connectivity index (χ2n) is 7.37. The second-order valence-corrected chi connectivity index (χ2v) is 7.37. The van der Waals surface area contributed by atoms with Gasteiger partial charge in [0, 0.05) is 37.6 Å². The number of furan rings is 1. The van der Waals surface area contributed by atoms with Crippen LogP contribution in [0.1, 0.15) is 0 Å². The molecule has 4 aromatic rings. The molecule has 32 heavy (non-hydrogen) atoms. The van der Waals surface area contributed by atoms with E-state index in [1.54, 1.807) is 25.3 Å². The van der Waals surface area contributed by atoms with Crippen molar-refractivity contribution in [3.05, 3.63) is 73.0 Å². The Balaban J connectivity index is 0.00000289. The SMILES string of the molecule is CN=C(N)N(c1cc(-c2ccc(N(C)C)cc2)ccc1OC)c1occ2ccccc12.O. The Kier molecular flexibility index (Phi) is 6.70. The zero-order chi connectivity index (χ0) is 22.0. The van der Waals surface area contributed by atoms with E-state index in [1.807, 2.05) is 56.6 Å². The van der Waals surface area contributed by atoms with E-state index in [2.05, 4.69) is 34.2 Å². The highest BCUT2D eigenvalue weighted by Gasteiger charge is 2.23. The Bertz CT molecular complexity index is 1230. The van der Waals surface area contributed by atoms with E-state index in [1.165, 1.54) is 0 Å². The summed E-state index contributed by atoms with van der Waals surface area (Å²) in [4.78, 5) is 8.10. The molecule has 0 saturated heterocycles. The fourth-order valence-electron chi connectivity index (χ4n) is 3.58. The molecule has 7 heteroatoms. The van der Waals surface area contributed by atoms with Crippen LogP contribution in [0.15, 0.2) is 82.4 Å². The fraction of sp³-hybridized carbons (Fsp3) is 0.160. The molecule has 166 valence electrons. The first-order valence-electron chi connectivity index (χ1n) is 9.98. The van der Waals surface area contributed by atoms with Crippen LogP contribution in [0, 0.1) is 0 Å². The highest BCUT2D eigenvalue weighted by molar-refractivity contribution is 6.08. The third kappa shape index (κ3) is 4.10. The smallest absolute Gasteiger partial charge is 0.214 e. The lowest BCUT2D eigenvalue weighted by Gasteiger charge is -2.24. The summed E-state index contributed by atoms with van der Waals surface area (Å²) < 4.78 is 11.6. The Hall–Kier alpha value is -3.97. The molecule has 0 aliphatic heterocycles. The Labute approximate surface area is 187 Å².